The molecule has 0 radical (unpaired) electrons. The zero-order valence-electron chi connectivity index (χ0n) is 15.0. The molecule has 8 nitrogen and oxygen atoms in total. The Balaban J connectivity index is 1.51. The van der Waals surface area contributed by atoms with Crippen molar-refractivity contribution in [2.75, 3.05) is 20.0 Å². The van der Waals surface area contributed by atoms with Crippen LogP contribution in [0.25, 0.3) is 0 Å². The zero-order valence-corrected chi connectivity index (χ0v) is 15.8. The number of methoxy groups -OCH3 is 2. The van der Waals surface area contributed by atoms with Gasteiger partial charge in [0.15, 0.2) is 0 Å². The Labute approximate surface area is 156 Å². The molecule has 1 aliphatic rings. The fraction of sp³-hybridized carbons (Fsp3) is 0.529. The van der Waals surface area contributed by atoms with E-state index >= 15 is 0 Å². The van der Waals surface area contributed by atoms with Gasteiger partial charge in [-0.25, -0.2) is 4.68 Å². The van der Waals surface area contributed by atoms with E-state index in [0.717, 1.165) is 18.4 Å². The fourth-order valence-corrected chi connectivity index (χ4v) is 3.78. The van der Waals surface area contributed by atoms with E-state index in [2.05, 4.69) is 20.8 Å². The first kappa shape index (κ1) is 18.5. The number of amides is 1. The van der Waals surface area contributed by atoms with Crippen molar-refractivity contribution >= 4 is 17.7 Å². The third-order valence-electron chi connectivity index (χ3n) is 4.37. The molecule has 0 unspecified atom stereocenters. The van der Waals surface area contributed by atoms with Crippen LogP contribution in [-0.4, -0.2) is 46.1 Å². The van der Waals surface area contributed by atoms with Crippen LogP contribution in [0.5, 0.6) is 11.5 Å². The molecule has 0 aliphatic heterocycles. The van der Waals surface area contributed by atoms with E-state index in [4.69, 9.17) is 9.47 Å². The highest BCUT2D eigenvalue weighted by atomic mass is 32.2. The predicted molar refractivity (Wildman–Crippen MR) is 97.4 cm³/mol. The topological polar surface area (TPSA) is 91.2 Å². The predicted octanol–water partition coefficient (Wildman–Crippen LogP) is 2.21. The van der Waals surface area contributed by atoms with Crippen LogP contribution in [0.2, 0.25) is 0 Å². The third-order valence-corrected chi connectivity index (χ3v) is 5.30. The lowest BCUT2D eigenvalue weighted by molar-refractivity contribution is -0.118. The minimum absolute atomic E-state index is 0.0715. The van der Waals surface area contributed by atoms with Gasteiger partial charge >= 0.3 is 0 Å². The number of benzene rings is 1. The molecule has 0 atom stereocenters. The van der Waals surface area contributed by atoms with Crippen LogP contribution in [0.15, 0.2) is 23.4 Å². The second kappa shape index (κ2) is 8.88. The van der Waals surface area contributed by atoms with Gasteiger partial charge in [0.1, 0.15) is 11.5 Å². The molecule has 2 aromatic rings. The summed E-state index contributed by atoms with van der Waals surface area (Å²) >= 11 is 1.36. The zero-order chi connectivity index (χ0) is 18.4. The quantitative estimate of drug-likeness (QED) is 0.705. The summed E-state index contributed by atoms with van der Waals surface area (Å²) < 4.78 is 12.3. The Morgan fingerprint density at radius 2 is 1.92 bits per heavy atom. The van der Waals surface area contributed by atoms with Crippen molar-refractivity contribution in [3.8, 4) is 11.5 Å². The van der Waals surface area contributed by atoms with Gasteiger partial charge in [-0.2, -0.15) is 0 Å². The molecular formula is C17H23N5O3S. The highest BCUT2D eigenvalue weighted by molar-refractivity contribution is 7.99. The Bertz CT molecular complexity index is 723. The Morgan fingerprint density at radius 1 is 1.23 bits per heavy atom. The average molecular weight is 377 g/mol. The molecular weight excluding hydrogens is 354 g/mol. The Hall–Kier alpha value is -2.29. The standard InChI is InChI=1S/C17H23N5O3S/c1-24-14-7-12(8-15(9-14)25-2)10-18-16(23)11-26-17-19-20-21-22(17)13-5-3-4-6-13/h7-9,13H,3-6,10-11H2,1-2H3,(H,18,23). The normalized spacial score (nSPS) is 14.4. The largest absolute Gasteiger partial charge is 0.497 e. The monoisotopic (exact) mass is 377 g/mol. The highest BCUT2D eigenvalue weighted by Gasteiger charge is 2.22. The molecule has 1 amide bonds. The number of hydrogen-bond acceptors (Lipinski definition) is 7. The summed E-state index contributed by atoms with van der Waals surface area (Å²) in [7, 11) is 3.20. The second-order valence-corrected chi connectivity index (χ2v) is 7.07. The van der Waals surface area contributed by atoms with E-state index < -0.39 is 0 Å². The lowest BCUT2D eigenvalue weighted by Gasteiger charge is -2.11. The lowest BCUT2D eigenvalue weighted by atomic mass is 10.2. The summed E-state index contributed by atoms with van der Waals surface area (Å²) in [4.78, 5) is 12.2. The van der Waals surface area contributed by atoms with Crippen molar-refractivity contribution in [1.82, 2.24) is 25.5 Å². The molecule has 9 heteroatoms. The summed E-state index contributed by atoms with van der Waals surface area (Å²) in [5.74, 6) is 1.59. The van der Waals surface area contributed by atoms with Gasteiger partial charge in [0.05, 0.1) is 26.0 Å². The van der Waals surface area contributed by atoms with Crippen molar-refractivity contribution < 1.29 is 14.3 Å². The number of nitrogens with zero attached hydrogens (tertiary/aromatic N) is 4. The first-order valence-electron chi connectivity index (χ1n) is 8.59. The van der Waals surface area contributed by atoms with E-state index in [1.807, 2.05) is 16.8 Å². The molecule has 1 fully saturated rings. The number of rotatable bonds is 8. The molecule has 1 saturated carbocycles. The summed E-state index contributed by atoms with van der Waals surface area (Å²) in [5, 5.41) is 15.5. The van der Waals surface area contributed by atoms with Gasteiger partial charge in [0.2, 0.25) is 11.1 Å². The third kappa shape index (κ3) is 4.66. The first-order valence-corrected chi connectivity index (χ1v) is 9.57. The molecule has 3 rings (SSSR count). The van der Waals surface area contributed by atoms with Crippen LogP contribution in [0, 0.1) is 0 Å². The lowest BCUT2D eigenvalue weighted by Crippen LogP contribution is -2.25. The molecule has 0 saturated heterocycles. The number of carbonyl (C=O) groups excluding carboxylic acids is 1. The first-order chi connectivity index (χ1) is 12.7. The SMILES string of the molecule is COc1cc(CNC(=O)CSc2nnnn2C2CCCC2)cc(OC)c1. The van der Waals surface area contributed by atoms with Crippen LogP contribution >= 0.6 is 11.8 Å². The van der Waals surface area contributed by atoms with E-state index in [1.54, 1.807) is 20.3 Å². The maximum Gasteiger partial charge on any atom is 0.230 e. The molecule has 1 heterocycles. The van der Waals surface area contributed by atoms with E-state index in [1.165, 1.54) is 24.6 Å². The van der Waals surface area contributed by atoms with Gasteiger partial charge in [-0.3, -0.25) is 4.79 Å². The smallest absolute Gasteiger partial charge is 0.230 e. The molecule has 26 heavy (non-hydrogen) atoms. The average Bonchev–Trinajstić information content (AvgIpc) is 3.35. The summed E-state index contributed by atoms with van der Waals surface area (Å²) in [6.07, 6.45) is 4.61. The Morgan fingerprint density at radius 3 is 2.58 bits per heavy atom. The van der Waals surface area contributed by atoms with Crippen LogP contribution in [0.3, 0.4) is 0 Å². The summed E-state index contributed by atoms with van der Waals surface area (Å²) in [5.41, 5.74) is 0.912. The summed E-state index contributed by atoms with van der Waals surface area (Å²) in [6.45, 7) is 0.403. The van der Waals surface area contributed by atoms with Gasteiger partial charge < -0.3 is 14.8 Å². The highest BCUT2D eigenvalue weighted by Crippen LogP contribution is 2.31. The van der Waals surface area contributed by atoms with Gasteiger partial charge in [-0.15, -0.1) is 5.10 Å². The molecule has 0 spiro atoms. The van der Waals surface area contributed by atoms with Crippen LogP contribution in [-0.2, 0) is 11.3 Å². The molecule has 1 aliphatic carbocycles. The van der Waals surface area contributed by atoms with Crippen molar-refractivity contribution in [3.63, 3.8) is 0 Å². The number of aromatic nitrogens is 4. The molecule has 1 aromatic carbocycles. The number of carbonyl (C=O) groups is 1. The second-order valence-electron chi connectivity index (χ2n) is 6.13. The number of thioether (sulfide) groups is 1. The molecule has 140 valence electrons. The number of hydrogen-bond donors (Lipinski definition) is 1. The van der Waals surface area contributed by atoms with Crippen molar-refractivity contribution in [1.29, 1.82) is 0 Å². The van der Waals surface area contributed by atoms with Crippen LogP contribution in [0.1, 0.15) is 37.3 Å². The Kier molecular flexibility index (Phi) is 6.32. The number of nitrogens with one attached hydrogen (secondary N) is 1. The van der Waals surface area contributed by atoms with E-state index in [9.17, 15) is 4.79 Å². The van der Waals surface area contributed by atoms with Crippen molar-refractivity contribution in [2.45, 2.75) is 43.4 Å². The van der Waals surface area contributed by atoms with Gasteiger partial charge in [-0.1, -0.05) is 24.6 Å². The van der Waals surface area contributed by atoms with Gasteiger partial charge in [-0.05, 0) is 41.0 Å². The summed E-state index contributed by atoms with van der Waals surface area (Å²) in [6, 6.07) is 5.90. The van der Waals surface area contributed by atoms with Crippen LogP contribution in [0.4, 0.5) is 0 Å². The maximum atomic E-state index is 12.2. The number of tetrazole rings is 1. The molecule has 1 aromatic heterocycles. The van der Waals surface area contributed by atoms with Crippen molar-refractivity contribution in [2.24, 2.45) is 0 Å². The minimum atomic E-state index is -0.0715. The molecule has 0 bridgehead atoms. The van der Waals surface area contributed by atoms with E-state index in [0.29, 0.717) is 29.2 Å². The molecule has 1 N–H and O–H groups in total. The minimum Gasteiger partial charge on any atom is -0.497 e. The van der Waals surface area contributed by atoms with Gasteiger partial charge in [0.25, 0.3) is 0 Å². The van der Waals surface area contributed by atoms with Crippen molar-refractivity contribution in [3.05, 3.63) is 23.8 Å². The van der Waals surface area contributed by atoms with Gasteiger partial charge in [0, 0.05) is 12.6 Å². The number of ether oxygens (including phenoxy) is 2. The fourth-order valence-electron chi connectivity index (χ4n) is 3.01. The van der Waals surface area contributed by atoms with E-state index in [-0.39, 0.29) is 11.7 Å². The maximum absolute atomic E-state index is 12.2. The van der Waals surface area contributed by atoms with Crippen LogP contribution < -0.4 is 14.8 Å².